The fourth-order valence-corrected chi connectivity index (χ4v) is 3.51. The fraction of sp³-hybridized carbons (Fsp3) is 0.333. The number of rotatable bonds is 6. The second kappa shape index (κ2) is 6.15. The van der Waals surface area contributed by atoms with Crippen LogP contribution in [0.15, 0.2) is 36.9 Å². The highest BCUT2D eigenvalue weighted by molar-refractivity contribution is 7.19. The summed E-state index contributed by atoms with van der Waals surface area (Å²) in [5.74, 6) is 0. The van der Waals surface area contributed by atoms with E-state index in [2.05, 4.69) is 46.6 Å². The molecule has 0 radical (unpaired) electrons. The third kappa shape index (κ3) is 2.73. The molecule has 0 saturated carbocycles. The average molecular weight is 286 g/mol. The molecule has 0 amide bonds. The molecule has 0 bridgehead atoms. The second-order valence-electron chi connectivity index (χ2n) is 4.77. The Hall–Kier alpha value is -1.72. The van der Waals surface area contributed by atoms with Gasteiger partial charge in [-0.2, -0.15) is 5.10 Å². The molecule has 1 N–H and O–H groups in total. The molecular formula is C15H18N4S. The van der Waals surface area contributed by atoms with E-state index >= 15 is 0 Å². The van der Waals surface area contributed by atoms with E-state index < -0.39 is 0 Å². The first-order chi connectivity index (χ1) is 9.88. The summed E-state index contributed by atoms with van der Waals surface area (Å²) in [6, 6.07) is 8.58. The van der Waals surface area contributed by atoms with Gasteiger partial charge in [-0.05, 0) is 30.0 Å². The molecule has 2 aromatic heterocycles. The Kier molecular flexibility index (Phi) is 4.08. The minimum atomic E-state index is 0.785. The van der Waals surface area contributed by atoms with Crippen molar-refractivity contribution in [3.05, 3.63) is 47.4 Å². The minimum Gasteiger partial charge on any atom is -0.312 e. The lowest BCUT2D eigenvalue weighted by Gasteiger charge is -2.06. The number of thiophene rings is 1. The molecule has 0 atom stereocenters. The van der Waals surface area contributed by atoms with E-state index in [0.29, 0.717) is 0 Å². The van der Waals surface area contributed by atoms with Crippen molar-refractivity contribution < 1.29 is 0 Å². The third-order valence-corrected chi connectivity index (χ3v) is 4.49. The zero-order valence-electron chi connectivity index (χ0n) is 11.5. The van der Waals surface area contributed by atoms with Crippen LogP contribution in [0.4, 0.5) is 0 Å². The van der Waals surface area contributed by atoms with Crippen molar-refractivity contribution in [2.75, 3.05) is 6.54 Å². The molecule has 0 aliphatic carbocycles. The van der Waals surface area contributed by atoms with Crippen LogP contribution in [0.1, 0.15) is 23.8 Å². The Morgan fingerprint density at radius 3 is 3.00 bits per heavy atom. The van der Waals surface area contributed by atoms with Crippen LogP contribution in [0.3, 0.4) is 0 Å². The minimum absolute atomic E-state index is 0.785. The summed E-state index contributed by atoms with van der Waals surface area (Å²) in [5.41, 5.74) is 1.36. The first-order valence-electron chi connectivity index (χ1n) is 6.91. The van der Waals surface area contributed by atoms with Crippen molar-refractivity contribution in [3.63, 3.8) is 0 Å². The van der Waals surface area contributed by atoms with E-state index in [4.69, 9.17) is 0 Å². The smallest absolute Gasteiger partial charge is 0.137 e. The summed E-state index contributed by atoms with van der Waals surface area (Å²) in [4.78, 5) is 5.43. The molecule has 3 rings (SSSR count). The number of fused-ring (bicyclic) bond motifs is 1. The fourth-order valence-electron chi connectivity index (χ4n) is 2.32. The summed E-state index contributed by atoms with van der Waals surface area (Å²) >= 11 is 1.87. The molecule has 0 saturated heterocycles. The maximum Gasteiger partial charge on any atom is 0.137 e. The van der Waals surface area contributed by atoms with Crippen molar-refractivity contribution >= 4 is 21.4 Å². The van der Waals surface area contributed by atoms with Gasteiger partial charge in [-0.1, -0.05) is 25.1 Å². The lowest BCUT2D eigenvalue weighted by atomic mass is 10.1. The highest BCUT2D eigenvalue weighted by atomic mass is 32.1. The predicted molar refractivity (Wildman–Crippen MR) is 82.9 cm³/mol. The summed E-state index contributed by atoms with van der Waals surface area (Å²) in [6.07, 6.45) is 4.52. The molecule has 20 heavy (non-hydrogen) atoms. The summed E-state index contributed by atoms with van der Waals surface area (Å²) < 4.78 is 3.23. The van der Waals surface area contributed by atoms with Gasteiger partial charge in [0.1, 0.15) is 12.7 Å². The zero-order chi connectivity index (χ0) is 13.8. The Bertz CT molecular complexity index is 672. The van der Waals surface area contributed by atoms with Crippen LogP contribution in [-0.2, 0) is 13.1 Å². The molecule has 0 spiro atoms. The molecule has 0 fully saturated rings. The van der Waals surface area contributed by atoms with Crippen molar-refractivity contribution in [2.24, 2.45) is 0 Å². The summed E-state index contributed by atoms with van der Waals surface area (Å²) in [7, 11) is 0. The van der Waals surface area contributed by atoms with Crippen LogP contribution in [0.2, 0.25) is 0 Å². The molecule has 104 valence electrons. The van der Waals surface area contributed by atoms with Gasteiger partial charge < -0.3 is 5.32 Å². The Morgan fingerprint density at radius 1 is 1.30 bits per heavy atom. The normalized spacial score (nSPS) is 11.2. The largest absolute Gasteiger partial charge is 0.312 e. The van der Waals surface area contributed by atoms with Gasteiger partial charge >= 0.3 is 0 Å². The van der Waals surface area contributed by atoms with Crippen molar-refractivity contribution in [2.45, 2.75) is 26.4 Å². The van der Waals surface area contributed by atoms with E-state index in [0.717, 1.165) is 26.1 Å². The van der Waals surface area contributed by atoms with Crippen LogP contribution < -0.4 is 5.32 Å². The predicted octanol–water partition coefficient (Wildman–Crippen LogP) is 3.04. The van der Waals surface area contributed by atoms with E-state index in [9.17, 15) is 0 Å². The van der Waals surface area contributed by atoms with Crippen LogP contribution in [0.25, 0.3) is 10.1 Å². The summed E-state index contributed by atoms with van der Waals surface area (Å²) in [6.45, 7) is 4.95. The van der Waals surface area contributed by atoms with Gasteiger partial charge in [-0.15, -0.1) is 11.3 Å². The number of nitrogens with zero attached hydrogens (tertiary/aromatic N) is 3. The molecule has 4 nitrogen and oxygen atoms in total. The lowest BCUT2D eigenvalue weighted by molar-refractivity contribution is 0.658. The standard InChI is InChI=1S/C15H18N4S/c1-2-7-16-8-15-13(9-19-11-17-10-18-19)12-5-3-4-6-14(12)20-15/h3-6,10-11,16H,2,7-9H2,1H3. The highest BCUT2D eigenvalue weighted by Crippen LogP contribution is 2.31. The monoisotopic (exact) mass is 286 g/mol. The van der Waals surface area contributed by atoms with E-state index in [-0.39, 0.29) is 0 Å². The molecule has 2 heterocycles. The number of hydrogen-bond donors (Lipinski definition) is 1. The number of nitrogens with one attached hydrogen (secondary N) is 1. The van der Waals surface area contributed by atoms with Gasteiger partial charge in [-0.3, -0.25) is 0 Å². The van der Waals surface area contributed by atoms with Gasteiger partial charge in [0, 0.05) is 16.1 Å². The molecule has 0 unspecified atom stereocenters. The molecule has 0 aliphatic heterocycles. The Morgan fingerprint density at radius 2 is 2.20 bits per heavy atom. The lowest BCUT2D eigenvalue weighted by Crippen LogP contribution is -2.14. The first-order valence-corrected chi connectivity index (χ1v) is 7.72. The summed E-state index contributed by atoms with van der Waals surface area (Å²) in [5, 5.41) is 9.06. The number of benzene rings is 1. The van der Waals surface area contributed by atoms with E-state index in [1.165, 1.54) is 20.5 Å². The first kappa shape index (κ1) is 13.3. The molecular weight excluding hydrogens is 268 g/mol. The highest BCUT2D eigenvalue weighted by Gasteiger charge is 2.12. The molecule has 3 aromatic rings. The quantitative estimate of drug-likeness (QED) is 0.708. The van der Waals surface area contributed by atoms with Crippen molar-refractivity contribution in [1.29, 1.82) is 0 Å². The Balaban J connectivity index is 1.94. The van der Waals surface area contributed by atoms with Gasteiger partial charge in [0.2, 0.25) is 0 Å². The average Bonchev–Trinajstić information content (AvgIpc) is 3.09. The second-order valence-corrected chi connectivity index (χ2v) is 5.91. The van der Waals surface area contributed by atoms with Crippen molar-refractivity contribution in [1.82, 2.24) is 20.1 Å². The van der Waals surface area contributed by atoms with Crippen LogP contribution in [0.5, 0.6) is 0 Å². The van der Waals surface area contributed by atoms with Gasteiger partial charge in [-0.25, -0.2) is 9.67 Å². The SMILES string of the molecule is CCCNCc1sc2ccccc2c1Cn1cncn1. The van der Waals surface area contributed by atoms with Gasteiger partial charge in [0.15, 0.2) is 0 Å². The molecule has 0 aliphatic rings. The van der Waals surface area contributed by atoms with Gasteiger partial charge in [0.05, 0.1) is 6.54 Å². The molecule has 5 heteroatoms. The number of hydrogen-bond acceptors (Lipinski definition) is 4. The van der Waals surface area contributed by atoms with Crippen LogP contribution in [-0.4, -0.2) is 21.3 Å². The van der Waals surface area contributed by atoms with Crippen LogP contribution >= 0.6 is 11.3 Å². The van der Waals surface area contributed by atoms with E-state index in [1.54, 1.807) is 12.7 Å². The van der Waals surface area contributed by atoms with Crippen LogP contribution in [0, 0.1) is 0 Å². The van der Waals surface area contributed by atoms with Crippen molar-refractivity contribution in [3.8, 4) is 0 Å². The van der Waals surface area contributed by atoms with Gasteiger partial charge in [0.25, 0.3) is 0 Å². The number of aromatic nitrogens is 3. The third-order valence-electron chi connectivity index (χ3n) is 3.28. The topological polar surface area (TPSA) is 42.7 Å². The molecule has 1 aromatic carbocycles. The Labute approximate surface area is 122 Å². The maximum atomic E-state index is 4.23. The maximum absolute atomic E-state index is 4.23. The van der Waals surface area contributed by atoms with E-state index in [1.807, 2.05) is 16.0 Å². The zero-order valence-corrected chi connectivity index (χ0v) is 12.4.